The number of benzene rings is 1. The third-order valence-electron chi connectivity index (χ3n) is 2.68. The summed E-state index contributed by atoms with van der Waals surface area (Å²) in [6, 6.07) is 4.08. The van der Waals surface area contributed by atoms with Gasteiger partial charge in [0.15, 0.2) is 0 Å². The van der Waals surface area contributed by atoms with Gasteiger partial charge in [0.1, 0.15) is 5.69 Å². The Morgan fingerprint density at radius 2 is 2.14 bits per heavy atom. The zero-order chi connectivity index (χ0) is 16.0. The van der Waals surface area contributed by atoms with Crippen LogP contribution < -0.4 is 10.6 Å². The predicted molar refractivity (Wildman–Crippen MR) is 83.1 cm³/mol. The highest BCUT2D eigenvalue weighted by Crippen LogP contribution is 2.26. The lowest BCUT2D eigenvalue weighted by Gasteiger charge is -2.14. The average molecular weight is 313 g/mol. The highest BCUT2D eigenvalue weighted by molar-refractivity contribution is 7.84. The molecule has 116 valence electrons. The first-order valence-corrected chi connectivity index (χ1v) is 8.21. The summed E-state index contributed by atoms with van der Waals surface area (Å²) in [5.41, 5.74) is 0.374. The van der Waals surface area contributed by atoms with Gasteiger partial charge < -0.3 is 10.6 Å². The predicted octanol–water partition coefficient (Wildman–Crippen LogP) is 1.52. The van der Waals surface area contributed by atoms with Crippen molar-refractivity contribution in [3.05, 3.63) is 33.9 Å². The molecule has 2 atom stereocenters. The molecule has 0 spiro atoms. The van der Waals surface area contributed by atoms with E-state index in [1.807, 2.05) is 0 Å². The van der Waals surface area contributed by atoms with Crippen molar-refractivity contribution in [2.45, 2.75) is 19.9 Å². The lowest BCUT2D eigenvalue weighted by atomic mass is 10.1. The largest absolute Gasteiger partial charge is 0.376 e. The third-order valence-corrected chi connectivity index (χ3v) is 3.65. The molecule has 0 saturated heterocycles. The molecule has 1 rings (SSSR count). The molecule has 2 N–H and O–H groups in total. The van der Waals surface area contributed by atoms with E-state index in [4.69, 9.17) is 0 Å². The van der Waals surface area contributed by atoms with Crippen LogP contribution in [0.25, 0.3) is 0 Å². The molecule has 7 nitrogen and oxygen atoms in total. The molecule has 0 aliphatic rings. The van der Waals surface area contributed by atoms with E-state index in [1.165, 1.54) is 18.2 Å². The Hall–Kier alpha value is -1.96. The number of amides is 1. The molecule has 1 amide bonds. The molecule has 0 radical (unpaired) electrons. The summed E-state index contributed by atoms with van der Waals surface area (Å²) in [7, 11) is -0.998. The Morgan fingerprint density at radius 3 is 2.67 bits per heavy atom. The number of carbonyl (C=O) groups is 1. The molecule has 1 aromatic rings. The summed E-state index contributed by atoms with van der Waals surface area (Å²) in [5.74, 6) is 0.0322. The fraction of sp³-hybridized carbons (Fsp3) is 0.462. The second-order valence-electron chi connectivity index (χ2n) is 4.63. The molecule has 1 aromatic carbocycles. The molecule has 2 unspecified atom stereocenters. The van der Waals surface area contributed by atoms with Crippen LogP contribution in [0.4, 0.5) is 11.4 Å². The number of rotatable bonds is 7. The summed E-state index contributed by atoms with van der Waals surface area (Å²) in [4.78, 5) is 22.3. The van der Waals surface area contributed by atoms with Gasteiger partial charge in [-0.2, -0.15) is 0 Å². The van der Waals surface area contributed by atoms with Crippen molar-refractivity contribution in [2.75, 3.05) is 23.9 Å². The van der Waals surface area contributed by atoms with Gasteiger partial charge in [0.05, 0.1) is 4.92 Å². The van der Waals surface area contributed by atoms with Gasteiger partial charge in [-0.3, -0.25) is 19.1 Å². The van der Waals surface area contributed by atoms with Crippen LogP contribution in [0, 0.1) is 10.1 Å². The number of hydrogen-bond acceptors (Lipinski definition) is 5. The van der Waals surface area contributed by atoms with Crippen molar-refractivity contribution in [3.63, 3.8) is 0 Å². The number of nitrogens with zero attached hydrogens (tertiary/aromatic N) is 1. The van der Waals surface area contributed by atoms with Crippen molar-refractivity contribution in [2.24, 2.45) is 0 Å². The minimum absolute atomic E-state index is 0.174. The molecular weight excluding hydrogens is 294 g/mol. The number of anilines is 1. The Balaban J connectivity index is 3.02. The fourth-order valence-electron chi connectivity index (χ4n) is 1.87. The molecule has 0 fully saturated rings. The quantitative estimate of drug-likeness (QED) is 0.587. The van der Waals surface area contributed by atoms with Gasteiger partial charge in [-0.1, -0.05) is 0 Å². The van der Waals surface area contributed by atoms with Crippen LogP contribution in [-0.2, 0) is 10.8 Å². The number of nitro groups is 1. The second kappa shape index (κ2) is 7.72. The van der Waals surface area contributed by atoms with Gasteiger partial charge in [0.25, 0.3) is 11.6 Å². The number of hydrogen-bond donors (Lipinski definition) is 2. The highest BCUT2D eigenvalue weighted by atomic mass is 32.2. The standard InChI is InChI=1S/C13H19N3O4S/c1-4-14-13(17)10-5-6-11(12(7-10)16(18)19)15-9(2)8-21(3)20/h5-7,9,15H,4,8H2,1-3H3,(H,14,17). The lowest BCUT2D eigenvalue weighted by molar-refractivity contribution is -0.384. The monoisotopic (exact) mass is 313 g/mol. The molecule has 0 saturated carbocycles. The maximum Gasteiger partial charge on any atom is 0.293 e. The molecule has 0 aliphatic carbocycles. The van der Waals surface area contributed by atoms with Gasteiger partial charge in [-0.15, -0.1) is 0 Å². The van der Waals surface area contributed by atoms with Crippen LogP contribution in [0.5, 0.6) is 0 Å². The average Bonchev–Trinajstić information content (AvgIpc) is 2.38. The van der Waals surface area contributed by atoms with E-state index in [-0.39, 0.29) is 23.2 Å². The van der Waals surface area contributed by atoms with Gasteiger partial charge in [-0.25, -0.2) is 0 Å². The van der Waals surface area contributed by atoms with Gasteiger partial charge in [-0.05, 0) is 26.0 Å². The second-order valence-corrected chi connectivity index (χ2v) is 6.11. The fourth-order valence-corrected chi connectivity index (χ4v) is 2.66. The van der Waals surface area contributed by atoms with Crippen LogP contribution in [0.15, 0.2) is 18.2 Å². The van der Waals surface area contributed by atoms with E-state index in [1.54, 1.807) is 20.1 Å². The third kappa shape index (κ3) is 5.14. The Morgan fingerprint density at radius 1 is 1.48 bits per heavy atom. The molecule has 0 bridgehead atoms. The van der Waals surface area contributed by atoms with Crippen LogP contribution in [0.2, 0.25) is 0 Å². The Kier molecular flexibility index (Phi) is 6.29. The van der Waals surface area contributed by atoms with E-state index < -0.39 is 15.7 Å². The normalized spacial score (nSPS) is 13.3. The summed E-state index contributed by atoms with van der Waals surface area (Å²) in [6.07, 6.45) is 1.57. The van der Waals surface area contributed by atoms with Crippen LogP contribution >= 0.6 is 0 Å². The molecule has 0 aromatic heterocycles. The van der Waals surface area contributed by atoms with E-state index >= 15 is 0 Å². The van der Waals surface area contributed by atoms with E-state index in [0.717, 1.165) is 0 Å². The maximum absolute atomic E-state index is 11.7. The summed E-state index contributed by atoms with van der Waals surface area (Å²) in [5, 5.41) is 16.7. The zero-order valence-electron chi connectivity index (χ0n) is 12.2. The zero-order valence-corrected chi connectivity index (χ0v) is 13.0. The topological polar surface area (TPSA) is 101 Å². The van der Waals surface area contributed by atoms with Crippen LogP contribution in [0.3, 0.4) is 0 Å². The SMILES string of the molecule is CCNC(=O)c1ccc(NC(C)CS(C)=O)c([N+](=O)[O-])c1. The minimum atomic E-state index is -0.998. The molecule has 8 heteroatoms. The Bertz CT molecular complexity index is 562. The van der Waals surface area contributed by atoms with Crippen LogP contribution in [-0.4, -0.2) is 39.6 Å². The van der Waals surface area contributed by atoms with Crippen molar-refractivity contribution in [1.29, 1.82) is 0 Å². The summed E-state index contributed by atoms with van der Waals surface area (Å²) >= 11 is 0. The lowest BCUT2D eigenvalue weighted by Crippen LogP contribution is -2.24. The first kappa shape index (κ1) is 17.1. The minimum Gasteiger partial charge on any atom is -0.376 e. The smallest absolute Gasteiger partial charge is 0.293 e. The first-order valence-electron chi connectivity index (χ1n) is 6.48. The van der Waals surface area contributed by atoms with Crippen LogP contribution in [0.1, 0.15) is 24.2 Å². The van der Waals surface area contributed by atoms with E-state index in [9.17, 15) is 19.1 Å². The number of carbonyl (C=O) groups excluding carboxylic acids is 1. The summed E-state index contributed by atoms with van der Waals surface area (Å²) < 4.78 is 11.2. The molecule has 0 aliphatic heterocycles. The van der Waals surface area contributed by atoms with Crippen molar-refractivity contribution >= 4 is 28.1 Å². The van der Waals surface area contributed by atoms with Gasteiger partial charge in [0, 0.05) is 47.0 Å². The number of nitrogens with one attached hydrogen (secondary N) is 2. The number of nitro benzene ring substituents is 1. The van der Waals surface area contributed by atoms with E-state index in [2.05, 4.69) is 10.6 Å². The Labute approximate surface area is 125 Å². The van der Waals surface area contributed by atoms with Crippen molar-refractivity contribution in [3.8, 4) is 0 Å². The van der Waals surface area contributed by atoms with Gasteiger partial charge >= 0.3 is 0 Å². The molecule has 21 heavy (non-hydrogen) atoms. The first-order chi connectivity index (χ1) is 9.85. The van der Waals surface area contributed by atoms with Crippen molar-refractivity contribution < 1.29 is 13.9 Å². The van der Waals surface area contributed by atoms with Crippen molar-refractivity contribution in [1.82, 2.24) is 5.32 Å². The van der Waals surface area contributed by atoms with E-state index in [0.29, 0.717) is 18.0 Å². The highest BCUT2D eigenvalue weighted by Gasteiger charge is 2.18. The molecular formula is C13H19N3O4S. The maximum atomic E-state index is 11.7. The van der Waals surface area contributed by atoms with Gasteiger partial charge in [0.2, 0.25) is 0 Å². The summed E-state index contributed by atoms with van der Waals surface area (Å²) in [6.45, 7) is 4.02. The molecule has 0 heterocycles.